The molecule has 12 nitrogen and oxygen atoms in total. The minimum Gasteiger partial charge on any atom is -0.494 e. The summed E-state index contributed by atoms with van der Waals surface area (Å²) in [7, 11) is 3.70. The summed E-state index contributed by atoms with van der Waals surface area (Å²) in [4.78, 5) is 13.8. The van der Waals surface area contributed by atoms with Crippen LogP contribution >= 0.6 is 11.6 Å². The van der Waals surface area contributed by atoms with Gasteiger partial charge in [-0.1, -0.05) is 23.7 Å². The van der Waals surface area contributed by atoms with Crippen molar-refractivity contribution in [3.05, 3.63) is 60.0 Å². The highest BCUT2D eigenvalue weighted by atomic mass is 35.5. The van der Waals surface area contributed by atoms with Gasteiger partial charge in [0, 0.05) is 74.8 Å². The number of aryl methyl sites for hydroxylation is 1. The predicted molar refractivity (Wildman–Crippen MR) is 171 cm³/mol. The number of para-hydroxylation sites is 2. The van der Waals surface area contributed by atoms with Crippen molar-refractivity contribution in [2.75, 3.05) is 73.5 Å². The van der Waals surface area contributed by atoms with Crippen LogP contribution in [0.25, 0.3) is 11.1 Å². The lowest BCUT2D eigenvalue weighted by atomic mass is 9.72. The fourth-order valence-corrected chi connectivity index (χ4v) is 6.57. The van der Waals surface area contributed by atoms with E-state index in [9.17, 15) is 8.42 Å². The molecule has 0 amide bonds. The number of hydrogen-bond donors (Lipinski definition) is 2. The Bertz CT molecular complexity index is 1780. The van der Waals surface area contributed by atoms with E-state index in [0.29, 0.717) is 34.0 Å². The number of benzene rings is 2. The van der Waals surface area contributed by atoms with Gasteiger partial charge in [-0.3, -0.25) is 8.99 Å². The summed E-state index contributed by atoms with van der Waals surface area (Å²) in [5.74, 6) is 1.24. The minimum atomic E-state index is -3.49. The van der Waals surface area contributed by atoms with Gasteiger partial charge < -0.3 is 25.2 Å². The van der Waals surface area contributed by atoms with E-state index in [4.69, 9.17) is 16.3 Å². The third kappa shape index (κ3) is 5.67. The number of anilines is 6. The molecular weight excluding hydrogens is 590 g/mol. The van der Waals surface area contributed by atoms with Crippen LogP contribution in [0.5, 0.6) is 5.75 Å². The zero-order chi connectivity index (χ0) is 30.5. The fraction of sp³-hybridized carbons (Fsp3) is 0.345. The Hall–Kier alpha value is -4.07. The van der Waals surface area contributed by atoms with E-state index < -0.39 is 10.0 Å². The van der Waals surface area contributed by atoms with Crippen molar-refractivity contribution in [3.8, 4) is 16.9 Å². The molecule has 0 unspecified atom stereocenters. The van der Waals surface area contributed by atoms with Crippen molar-refractivity contribution in [2.24, 2.45) is 12.5 Å². The largest absolute Gasteiger partial charge is 0.494 e. The number of ether oxygens (including phenoxy) is 1. The average Bonchev–Trinajstić information content (AvgIpc) is 3.37. The standard InChI is InChI=1S/C29H34ClN9O3S/c1-36-15-29(16-36)17-39(18-29)25-11-26(42-4)23(10-20(25)19-12-32-37(2)14-19)34-28-31-13-21(30)27(35-28)33-22-8-6-7-9-24(22)38(3)43(5,40)41/h6-14H,15-18H2,1-5H3,(H2,31,33,34,35). The highest BCUT2D eigenvalue weighted by molar-refractivity contribution is 7.92. The van der Waals surface area contributed by atoms with Crippen LogP contribution in [0.3, 0.4) is 0 Å². The van der Waals surface area contributed by atoms with Crippen LogP contribution in [-0.4, -0.2) is 86.7 Å². The van der Waals surface area contributed by atoms with Crippen molar-refractivity contribution in [1.82, 2.24) is 24.6 Å². The van der Waals surface area contributed by atoms with Gasteiger partial charge in [-0.2, -0.15) is 10.1 Å². The molecule has 2 aromatic heterocycles. The third-order valence-corrected chi connectivity index (χ3v) is 9.39. The zero-order valence-corrected chi connectivity index (χ0v) is 26.2. The molecule has 6 rings (SSSR count). The van der Waals surface area contributed by atoms with Crippen LogP contribution in [0.4, 0.5) is 34.5 Å². The summed E-state index contributed by atoms with van der Waals surface area (Å²) in [6.45, 7) is 4.21. The molecule has 4 aromatic rings. The second kappa shape index (κ2) is 10.9. The van der Waals surface area contributed by atoms with Gasteiger partial charge >= 0.3 is 0 Å². The van der Waals surface area contributed by atoms with E-state index in [1.165, 1.54) is 17.5 Å². The lowest BCUT2D eigenvalue weighted by molar-refractivity contribution is -0.00234. The van der Waals surface area contributed by atoms with Crippen molar-refractivity contribution < 1.29 is 13.2 Å². The number of likely N-dealkylation sites (tertiary alicyclic amines) is 1. The molecule has 2 aliphatic rings. The summed E-state index contributed by atoms with van der Waals surface area (Å²) >= 11 is 6.47. The number of hydrogen-bond acceptors (Lipinski definition) is 10. The van der Waals surface area contributed by atoms with Crippen LogP contribution in [0, 0.1) is 5.41 Å². The maximum atomic E-state index is 12.2. The molecule has 4 heterocycles. The Labute approximate surface area is 256 Å². The maximum Gasteiger partial charge on any atom is 0.232 e. The molecule has 14 heteroatoms. The quantitative estimate of drug-likeness (QED) is 0.281. The molecule has 2 saturated heterocycles. The van der Waals surface area contributed by atoms with Gasteiger partial charge in [0.15, 0.2) is 5.82 Å². The third-order valence-electron chi connectivity index (χ3n) is 7.92. The minimum absolute atomic E-state index is 0.272. The van der Waals surface area contributed by atoms with Crippen LogP contribution in [0.1, 0.15) is 0 Å². The summed E-state index contributed by atoms with van der Waals surface area (Å²) < 4.78 is 33.2. The van der Waals surface area contributed by atoms with Crippen LogP contribution in [0.2, 0.25) is 5.02 Å². The second-order valence-electron chi connectivity index (χ2n) is 11.4. The lowest BCUT2D eigenvalue weighted by Crippen LogP contribution is -2.71. The summed E-state index contributed by atoms with van der Waals surface area (Å²) in [5.41, 5.74) is 5.10. The summed E-state index contributed by atoms with van der Waals surface area (Å²) in [6.07, 6.45) is 6.48. The molecule has 0 saturated carbocycles. The molecular formula is C29H34ClN9O3S. The Kier molecular flexibility index (Phi) is 7.35. The van der Waals surface area contributed by atoms with Crippen LogP contribution in [0.15, 0.2) is 55.0 Å². The molecule has 2 fully saturated rings. The monoisotopic (exact) mass is 623 g/mol. The summed E-state index contributed by atoms with van der Waals surface area (Å²) in [6, 6.07) is 11.1. The van der Waals surface area contributed by atoms with Crippen molar-refractivity contribution in [1.29, 1.82) is 0 Å². The normalized spacial score (nSPS) is 16.0. The highest BCUT2D eigenvalue weighted by Gasteiger charge is 2.50. The van der Waals surface area contributed by atoms with Crippen molar-refractivity contribution in [2.45, 2.75) is 0 Å². The number of halogens is 1. The van der Waals surface area contributed by atoms with Gasteiger partial charge in [-0.15, -0.1) is 0 Å². The Morgan fingerprint density at radius 1 is 1.05 bits per heavy atom. The van der Waals surface area contributed by atoms with E-state index in [0.717, 1.165) is 49.2 Å². The molecule has 2 N–H and O–H groups in total. The van der Waals surface area contributed by atoms with Gasteiger partial charge in [0.05, 0.1) is 42.8 Å². The van der Waals surface area contributed by atoms with Gasteiger partial charge in [-0.25, -0.2) is 13.4 Å². The predicted octanol–water partition coefficient (Wildman–Crippen LogP) is 4.17. The lowest BCUT2D eigenvalue weighted by Gasteiger charge is -2.60. The molecule has 0 atom stereocenters. The first-order valence-corrected chi connectivity index (χ1v) is 15.9. The Morgan fingerprint density at radius 2 is 1.79 bits per heavy atom. The Morgan fingerprint density at radius 3 is 2.44 bits per heavy atom. The van der Waals surface area contributed by atoms with E-state index in [-0.39, 0.29) is 11.0 Å². The number of nitrogens with one attached hydrogen (secondary N) is 2. The first-order valence-electron chi connectivity index (χ1n) is 13.7. The number of rotatable bonds is 9. The molecule has 226 valence electrons. The average molecular weight is 624 g/mol. The number of aromatic nitrogens is 4. The maximum absolute atomic E-state index is 12.2. The van der Waals surface area contributed by atoms with Gasteiger partial charge in [0.25, 0.3) is 0 Å². The van der Waals surface area contributed by atoms with E-state index >= 15 is 0 Å². The van der Waals surface area contributed by atoms with E-state index in [1.807, 2.05) is 31.6 Å². The highest BCUT2D eigenvalue weighted by Crippen LogP contribution is 2.47. The second-order valence-corrected chi connectivity index (χ2v) is 13.8. The number of sulfonamides is 1. The SMILES string of the molecule is COc1cc(N2CC3(CN(C)C3)C2)c(-c2cnn(C)c2)cc1Nc1ncc(Cl)c(Nc2ccccc2N(C)S(C)(=O)=O)n1. The zero-order valence-electron chi connectivity index (χ0n) is 24.7. The molecule has 0 radical (unpaired) electrons. The van der Waals surface area contributed by atoms with Crippen molar-refractivity contribution >= 4 is 56.1 Å². The molecule has 0 bridgehead atoms. The number of methoxy groups -OCH3 is 1. The molecule has 43 heavy (non-hydrogen) atoms. The first-order chi connectivity index (χ1) is 20.4. The molecule has 0 aliphatic carbocycles. The van der Waals surface area contributed by atoms with E-state index in [1.54, 1.807) is 36.1 Å². The van der Waals surface area contributed by atoms with Gasteiger partial charge in [0.1, 0.15) is 10.8 Å². The smallest absolute Gasteiger partial charge is 0.232 e. The van der Waals surface area contributed by atoms with Gasteiger partial charge in [-0.05, 0) is 25.2 Å². The molecule has 2 aromatic carbocycles. The fourth-order valence-electron chi connectivity index (χ4n) is 5.92. The Balaban J connectivity index is 1.32. The van der Waals surface area contributed by atoms with Crippen LogP contribution in [-0.2, 0) is 17.1 Å². The molecule has 2 aliphatic heterocycles. The van der Waals surface area contributed by atoms with E-state index in [2.05, 4.69) is 42.5 Å². The van der Waals surface area contributed by atoms with Crippen LogP contribution < -0.4 is 24.6 Å². The molecule has 1 spiro atoms. The topological polar surface area (TPSA) is 121 Å². The summed E-state index contributed by atoms with van der Waals surface area (Å²) in [5, 5.41) is 11.1. The first kappa shape index (κ1) is 29.0. The number of nitrogens with zero attached hydrogens (tertiary/aromatic N) is 7. The van der Waals surface area contributed by atoms with Crippen molar-refractivity contribution in [3.63, 3.8) is 0 Å². The van der Waals surface area contributed by atoms with Gasteiger partial charge in [0.2, 0.25) is 16.0 Å².